The van der Waals surface area contributed by atoms with E-state index < -0.39 is 5.41 Å². The van der Waals surface area contributed by atoms with Crippen molar-refractivity contribution in [2.75, 3.05) is 5.32 Å². The molecule has 0 heterocycles. The molecule has 0 fully saturated rings. The average Bonchev–Trinajstić information content (AvgIpc) is 3.72. The lowest BCUT2D eigenvalue weighted by molar-refractivity contribution is 0.792. The van der Waals surface area contributed by atoms with Crippen LogP contribution >= 0.6 is 0 Å². The Hall–Kier alpha value is -7.46. The molecule has 0 amide bonds. The van der Waals surface area contributed by atoms with Crippen molar-refractivity contribution in [2.24, 2.45) is 0 Å². The van der Waals surface area contributed by atoms with Gasteiger partial charge in [-0.25, -0.2) is 0 Å². The summed E-state index contributed by atoms with van der Waals surface area (Å²) in [6.07, 6.45) is 0. The Morgan fingerprint density at radius 1 is 0.328 bits per heavy atom. The number of benzene rings is 8. The Balaban J connectivity index is 0.000000196. The van der Waals surface area contributed by atoms with Crippen LogP contribution in [-0.2, 0) is 5.41 Å². The van der Waals surface area contributed by atoms with Gasteiger partial charge in [-0.1, -0.05) is 166 Å². The average molecular weight is 790 g/mol. The van der Waals surface area contributed by atoms with E-state index in [4.69, 9.17) is 0 Å². The first-order valence-electron chi connectivity index (χ1n) is 20.8. The summed E-state index contributed by atoms with van der Waals surface area (Å²) < 4.78 is 0. The Labute approximate surface area is 362 Å². The predicted octanol–water partition coefficient (Wildman–Crippen LogP) is 14.7. The number of aryl methyl sites for hydroxylation is 7. The zero-order chi connectivity index (χ0) is 43.1. The second-order valence-electron chi connectivity index (χ2n) is 16.3. The Morgan fingerprint density at radius 2 is 0.656 bits per heavy atom. The molecule has 0 bridgehead atoms. The molecule has 0 unspecified atom stereocenters. The minimum Gasteiger partial charge on any atom is -0.356 e. The number of anilines is 2. The van der Waals surface area contributed by atoms with Gasteiger partial charge >= 0.3 is 0 Å². The summed E-state index contributed by atoms with van der Waals surface area (Å²) in [6, 6.07) is 65.6. The molecule has 0 atom stereocenters. The van der Waals surface area contributed by atoms with Gasteiger partial charge < -0.3 is 5.32 Å². The van der Waals surface area contributed by atoms with Crippen LogP contribution in [0.3, 0.4) is 0 Å². The molecule has 0 saturated carbocycles. The molecule has 2 aliphatic carbocycles. The summed E-state index contributed by atoms with van der Waals surface area (Å²) in [5.41, 5.74) is 20.9. The van der Waals surface area contributed by atoms with Crippen LogP contribution in [0.25, 0.3) is 22.3 Å². The van der Waals surface area contributed by atoms with Crippen LogP contribution in [0.1, 0.15) is 72.3 Å². The van der Waals surface area contributed by atoms with E-state index in [9.17, 15) is 10.5 Å². The van der Waals surface area contributed by atoms with E-state index in [-0.39, 0.29) is 0 Å². The lowest BCUT2D eigenvalue weighted by atomic mass is 9.70. The quantitative estimate of drug-likeness (QED) is 0.190. The smallest absolute Gasteiger partial charge is 0.0991 e. The van der Waals surface area contributed by atoms with Crippen molar-refractivity contribution in [1.82, 2.24) is 0 Å². The second-order valence-corrected chi connectivity index (χ2v) is 16.3. The van der Waals surface area contributed by atoms with Crippen LogP contribution in [-0.4, -0.2) is 0 Å². The van der Waals surface area contributed by atoms with Gasteiger partial charge in [0.1, 0.15) is 0 Å². The molecule has 0 aliphatic heterocycles. The molecule has 8 aromatic carbocycles. The zero-order valence-corrected chi connectivity index (χ0v) is 36.1. The molecule has 0 radical (unpaired) electrons. The van der Waals surface area contributed by atoms with Crippen molar-refractivity contribution in [3.05, 3.63) is 248 Å². The van der Waals surface area contributed by atoms with Crippen LogP contribution in [0.2, 0.25) is 0 Å². The first kappa shape index (κ1) is 41.7. The van der Waals surface area contributed by atoms with Crippen LogP contribution < -0.4 is 5.32 Å². The highest BCUT2D eigenvalue weighted by Gasteiger charge is 2.52. The lowest BCUT2D eigenvalue weighted by Crippen LogP contribution is -2.26. The van der Waals surface area contributed by atoms with Crippen molar-refractivity contribution in [3.63, 3.8) is 0 Å². The topological polar surface area (TPSA) is 59.6 Å². The van der Waals surface area contributed by atoms with Gasteiger partial charge in [0.2, 0.25) is 0 Å². The Kier molecular flexibility index (Phi) is 12.4. The van der Waals surface area contributed by atoms with Crippen LogP contribution in [0, 0.1) is 71.1 Å². The first-order valence-corrected chi connectivity index (χ1v) is 20.8. The van der Waals surface area contributed by atoms with Crippen molar-refractivity contribution in [2.45, 2.75) is 53.9 Å². The maximum Gasteiger partial charge on any atom is 0.0991 e. The van der Waals surface area contributed by atoms with E-state index in [1.807, 2.05) is 42.5 Å². The van der Waals surface area contributed by atoms with E-state index in [2.05, 4.69) is 199 Å². The fourth-order valence-corrected chi connectivity index (χ4v) is 8.17. The summed E-state index contributed by atoms with van der Waals surface area (Å²) in [5.74, 6) is 0. The highest BCUT2D eigenvalue weighted by molar-refractivity contribution is 5.96. The van der Waals surface area contributed by atoms with Gasteiger partial charge in [-0.3, -0.25) is 0 Å². The lowest BCUT2D eigenvalue weighted by Gasteiger charge is -2.31. The van der Waals surface area contributed by atoms with Gasteiger partial charge in [-0.2, -0.15) is 10.5 Å². The summed E-state index contributed by atoms with van der Waals surface area (Å²) in [6.45, 7) is 14.7. The molecule has 61 heavy (non-hydrogen) atoms. The number of rotatable bonds is 2. The van der Waals surface area contributed by atoms with E-state index >= 15 is 0 Å². The second kappa shape index (κ2) is 18.2. The molecule has 1 N–H and O–H groups in total. The number of nitrogens with zero attached hydrogens (tertiary/aromatic N) is 2. The highest BCUT2D eigenvalue weighted by atomic mass is 14.9. The van der Waals surface area contributed by atoms with Crippen molar-refractivity contribution >= 4 is 11.4 Å². The summed E-state index contributed by atoms with van der Waals surface area (Å²) in [4.78, 5) is 0. The molecule has 8 aromatic rings. The normalized spacial score (nSPS) is 11.6. The SMILES string of the molecule is Cc1ccc(C)cc1.Cc1ccc(C)cc1.Cc1ccc(Nc2ccc3c(c2)C2(c4cc(C)ccc4-3)c3cc(C#N)ccc3-c3ccc(C#N)cc32)cc1.Cc1ccccc1. The molecular formula is C58H51N3. The number of hydrogen-bond acceptors (Lipinski definition) is 3. The fourth-order valence-electron chi connectivity index (χ4n) is 8.17. The van der Waals surface area contributed by atoms with E-state index in [1.165, 1.54) is 61.2 Å². The largest absolute Gasteiger partial charge is 0.356 e. The number of nitriles is 2. The third kappa shape index (κ3) is 8.94. The predicted molar refractivity (Wildman–Crippen MR) is 254 cm³/mol. The molecule has 10 rings (SSSR count). The van der Waals surface area contributed by atoms with Crippen LogP contribution in [0.5, 0.6) is 0 Å². The van der Waals surface area contributed by atoms with E-state index in [0.717, 1.165) is 33.6 Å². The maximum absolute atomic E-state index is 9.86. The summed E-state index contributed by atoms with van der Waals surface area (Å²) in [5, 5.41) is 23.3. The molecule has 3 heteroatoms. The zero-order valence-electron chi connectivity index (χ0n) is 36.1. The minimum absolute atomic E-state index is 0.619. The first-order chi connectivity index (χ1) is 29.5. The fraction of sp³-hybridized carbons (Fsp3) is 0.138. The molecule has 0 aromatic heterocycles. The highest BCUT2D eigenvalue weighted by Crippen LogP contribution is 2.63. The van der Waals surface area contributed by atoms with Crippen molar-refractivity contribution in [3.8, 4) is 34.4 Å². The van der Waals surface area contributed by atoms with Gasteiger partial charge in [-0.15, -0.1) is 0 Å². The number of hydrogen-bond donors (Lipinski definition) is 1. The van der Waals surface area contributed by atoms with Gasteiger partial charge in [-0.05, 0) is 142 Å². The molecule has 298 valence electrons. The minimum atomic E-state index is -0.619. The monoisotopic (exact) mass is 789 g/mol. The number of nitrogens with one attached hydrogen (secondary N) is 1. The molecule has 2 aliphatic rings. The molecular weight excluding hydrogens is 739 g/mol. The van der Waals surface area contributed by atoms with Gasteiger partial charge in [0, 0.05) is 11.4 Å². The molecule has 3 nitrogen and oxygen atoms in total. The Morgan fingerprint density at radius 3 is 1.07 bits per heavy atom. The van der Waals surface area contributed by atoms with Crippen molar-refractivity contribution < 1.29 is 0 Å². The molecule has 0 saturated heterocycles. The van der Waals surface area contributed by atoms with Crippen LogP contribution in [0.15, 0.2) is 176 Å². The summed E-state index contributed by atoms with van der Waals surface area (Å²) >= 11 is 0. The van der Waals surface area contributed by atoms with Crippen molar-refractivity contribution in [1.29, 1.82) is 10.5 Å². The van der Waals surface area contributed by atoms with E-state index in [0.29, 0.717) is 11.1 Å². The molecule has 1 spiro atoms. The maximum atomic E-state index is 9.86. The van der Waals surface area contributed by atoms with Crippen LogP contribution in [0.4, 0.5) is 11.4 Å². The van der Waals surface area contributed by atoms with E-state index in [1.54, 1.807) is 0 Å². The standard InChI is InChI=1S/C35H23N3.2C8H10.C7H8/c1-21-3-8-25(9-4-21)38-26-10-14-30-27-11-5-22(2)15-31(27)35(34(30)18-26)32-16-23(19-36)6-12-28(32)29-13-7-24(20-37)17-33(29)35;2*1-7-3-5-8(2)6-4-7;1-7-5-3-2-4-6-7/h3-18,38H,1-2H3;2*3-6H,1-2H3;2-6H,1H3. The number of fused-ring (bicyclic) bond motifs is 10. The summed E-state index contributed by atoms with van der Waals surface area (Å²) in [7, 11) is 0. The Bertz CT molecular complexity index is 2740. The van der Waals surface area contributed by atoms with Gasteiger partial charge in [0.25, 0.3) is 0 Å². The third-order valence-electron chi connectivity index (χ3n) is 11.4. The third-order valence-corrected chi connectivity index (χ3v) is 11.4. The van der Waals surface area contributed by atoms with Gasteiger partial charge in [0.15, 0.2) is 0 Å². The van der Waals surface area contributed by atoms with Gasteiger partial charge in [0.05, 0.1) is 28.7 Å².